The maximum Gasteiger partial charge on any atom is 0.229 e. The molecule has 1 aliphatic heterocycles. The van der Waals surface area contributed by atoms with Gasteiger partial charge in [0.05, 0.1) is 36.8 Å². The Bertz CT molecular complexity index is 1590. The molecule has 1 fully saturated rings. The molecular formula is C28H29N5O3S2. The summed E-state index contributed by atoms with van der Waals surface area (Å²) < 4.78 is 34.0. The second kappa shape index (κ2) is 10.1. The first-order valence-corrected chi connectivity index (χ1v) is 14.4. The molecular weight excluding hydrogens is 518 g/mol. The number of thiocarbonyl (C=S) groups is 1. The second-order valence-corrected chi connectivity index (χ2v) is 11.4. The molecule has 196 valence electrons. The van der Waals surface area contributed by atoms with Gasteiger partial charge in [0.1, 0.15) is 5.75 Å². The molecule has 0 unspecified atom stereocenters. The Morgan fingerprint density at radius 3 is 2.39 bits per heavy atom. The van der Waals surface area contributed by atoms with E-state index in [0.29, 0.717) is 16.5 Å². The topological polar surface area (TPSA) is 88.5 Å². The maximum atomic E-state index is 11.9. The van der Waals surface area contributed by atoms with Crippen molar-refractivity contribution in [3.63, 3.8) is 0 Å². The number of aromatic nitrogens is 2. The van der Waals surface area contributed by atoms with Crippen LogP contribution in [0.25, 0.3) is 5.69 Å². The molecule has 2 N–H and O–H groups in total. The van der Waals surface area contributed by atoms with E-state index in [1.165, 1.54) is 7.11 Å². The van der Waals surface area contributed by atoms with Crippen LogP contribution >= 0.6 is 12.2 Å². The summed E-state index contributed by atoms with van der Waals surface area (Å²) in [6.45, 7) is 4.21. The number of rotatable bonds is 7. The second-order valence-electron chi connectivity index (χ2n) is 9.25. The van der Waals surface area contributed by atoms with E-state index in [9.17, 15) is 8.42 Å². The molecule has 2 aromatic carbocycles. The fourth-order valence-electron chi connectivity index (χ4n) is 5.12. The van der Waals surface area contributed by atoms with Gasteiger partial charge in [-0.3, -0.25) is 9.71 Å². The molecule has 0 radical (unpaired) electrons. The average Bonchev–Trinajstić information content (AvgIpc) is 3.39. The van der Waals surface area contributed by atoms with Gasteiger partial charge in [0.25, 0.3) is 0 Å². The highest BCUT2D eigenvalue weighted by molar-refractivity contribution is 7.92. The van der Waals surface area contributed by atoms with Gasteiger partial charge >= 0.3 is 0 Å². The molecule has 2 aromatic heterocycles. The van der Waals surface area contributed by atoms with E-state index in [1.807, 2.05) is 42.5 Å². The first-order valence-electron chi connectivity index (χ1n) is 12.1. The molecule has 0 amide bonds. The molecule has 0 aliphatic carbocycles. The molecule has 0 spiro atoms. The summed E-state index contributed by atoms with van der Waals surface area (Å²) in [5, 5.41) is 4.03. The van der Waals surface area contributed by atoms with Crippen molar-refractivity contribution in [3.05, 3.63) is 102 Å². The summed E-state index contributed by atoms with van der Waals surface area (Å²) in [4.78, 5) is 6.70. The van der Waals surface area contributed by atoms with E-state index in [1.54, 1.807) is 18.3 Å². The monoisotopic (exact) mass is 547 g/mol. The number of benzene rings is 2. The van der Waals surface area contributed by atoms with Gasteiger partial charge < -0.3 is 19.5 Å². The minimum atomic E-state index is -3.48. The van der Waals surface area contributed by atoms with Crippen LogP contribution in [0.2, 0.25) is 0 Å². The number of sulfonamides is 1. The Morgan fingerprint density at radius 2 is 1.74 bits per heavy atom. The first-order chi connectivity index (χ1) is 18.2. The largest absolute Gasteiger partial charge is 0.494 e. The van der Waals surface area contributed by atoms with Gasteiger partial charge in [0, 0.05) is 35.0 Å². The number of hydrogen-bond acceptors (Lipinski definition) is 5. The van der Waals surface area contributed by atoms with E-state index in [2.05, 4.69) is 56.5 Å². The van der Waals surface area contributed by atoms with Crippen molar-refractivity contribution >= 4 is 38.7 Å². The number of anilines is 2. The third-order valence-corrected chi connectivity index (χ3v) is 7.57. The van der Waals surface area contributed by atoms with E-state index in [0.717, 1.165) is 40.3 Å². The zero-order chi connectivity index (χ0) is 27.0. The van der Waals surface area contributed by atoms with Crippen LogP contribution in [-0.4, -0.2) is 36.4 Å². The lowest BCUT2D eigenvalue weighted by molar-refractivity contribution is 0.417. The summed E-state index contributed by atoms with van der Waals surface area (Å²) in [6, 6.07) is 23.2. The third kappa shape index (κ3) is 4.84. The van der Waals surface area contributed by atoms with E-state index < -0.39 is 10.0 Å². The lowest BCUT2D eigenvalue weighted by Crippen LogP contribution is -2.29. The lowest BCUT2D eigenvalue weighted by Gasteiger charge is -2.29. The third-order valence-electron chi connectivity index (χ3n) is 6.66. The molecule has 2 atom stereocenters. The summed E-state index contributed by atoms with van der Waals surface area (Å²) in [5.74, 6) is 0.394. The molecule has 1 aliphatic rings. The Balaban J connectivity index is 1.66. The Kier molecular flexibility index (Phi) is 6.85. The first kappa shape index (κ1) is 25.7. The number of nitrogens with one attached hydrogen (secondary N) is 2. The van der Waals surface area contributed by atoms with Crippen LogP contribution in [0.5, 0.6) is 5.75 Å². The predicted molar refractivity (Wildman–Crippen MR) is 155 cm³/mol. The predicted octanol–water partition coefficient (Wildman–Crippen LogP) is 5.05. The fraction of sp³-hybridized carbons (Fsp3) is 0.214. The van der Waals surface area contributed by atoms with Gasteiger partial charge in [0.15, 0.2) is 5.11 Å². The van der Waals surface area contributed by atoms with Crippen molar-refractivity contribution in [1.82, 2.24) is 14.9 Å². The molecule has 0 bridgehead atoms. The normalized spacial score (nSPS) is 17.4. The number of hydrogen-bond donors (Lipinski definition) is 2. The molecule has 1 saturated heterocycles. The Hall–Kier alpha value is -3.89. The van der Waals surface area contributed by atoms with Crippen LogP contribution in [0.3, 0.4) is 0 Å². The van der Waals surface area contributed by atoms with Crippen molar-refractivity contribution < 1.29 is 13.2 Å². The molecule has 8 nitrogen and oxygen atoms in total. The fourth-order valence-corrected chi connectivity index (χ4v) is 6.04. The van der Waals surface area contributed by atoms with Gasteiger partial charge in [-0.25, -0.2) is 8.42 Å². The lowest BCUT2D eigenvalue weighted by atomic mass is 9.96. The molecule has 10 heteroatoms. The summed E-state index contributed by atoms with van der Waals surface area (Å²) in [7, 11) is -1.97. The van der Waals surface area contributed by atoms with Crippen LogP contribution in [0.15, 0.2) is 79.0 Å². The van der Waals surface area contributed by atoms with Crippen LogP contribution in [0.1, 0.15) is 34.7 Å². The molecule has 38 heavy (non-hydrogen) atoms. The van der Waals surface area contributed by atoms with E-state index in [4.69, 9.17) is 17.0 Å². The zero-order valence-corrected chi connectivity index (χ0v) is 23.2. The standard InChI is InChI=1S/C28H29N5O3S2/c1-18-16-22(19(2)32(18)20-10-6-5-7-11-20)27-26(24-12-8-9-15-29-24)30-28(37)33(27)21-13-14-23(25(17-21)36-3)31-38(4,34)35/h5-17,26-27,31H,1-4H3,(H,30,37)/t26-,27-/m1/s1. The van der Waals surface area contributed by atoms with Gasteiger partial charge in [-0.15, -0.1) is 0 Å². The van der Waals surface area contributed by atoms with Crippen molar-refractivity contribution in [1.29, 1.82) is 0 Å². The Labute approximate surface area is 228 Å². The summed E-state index contributed by atoms with van der Waals surface area (Å²) in [5.41, 5.74) is 6.38. The van der Waals surface area contributed by atoms with E-state index in [-0.39, 0.29) is 12.1 Å². The SMILES string of the molecule is COc1cc(N2C(=S)N[C@H](c3ccccn3)[C@H]2c2cc(C)n(-c3ccccc3)c2C)ccc1NS(C)(=O)=O. The van der Waals surface area contributed by atoms with Gasteiger partial charge in [-0.05, 0) is 74.1 Å². The number of nitrogens with zero attached hydrogens (tertiary/aromatic N) is 3. The van der Waals surface area contributed by atoms with Gasteiger partial charge in [-0.1, -0.05) is 24.3 Å². The van der Waals surface area contributed by atoms with Gasteiger partial charge in [0.2, 0.25) is 10.0 Å². The van der Waals surface area contributed by atoms with Crippen LogP contribution in [0.4, 0.5) is 11.4 Å². The number of methoxy groups -OCH3 is 1. The highest BCUT2D eigenvalue weighted by atomic mass is 32.2. The number of pyridine rings is 1. The zero-order valence-electron chi connectivity index (χ0n) is 21.5. The van der Waals surface area contributed by atoms with Crippen LogP contribution in [-0.2, 0) is 10.0 Å². The molecule has 0 saturated carbocycles. The summed E-state index contributed by atoms with van der Waals surface area (Å²) >= 11 is 5.88. The van der Waals surface area contributed by atoms with Crippen molar-refractivity contribution in [2.45, 2.75) is 25.9 Å². The number of para-hydroxylation sites is 1. The molecule has 5 rings (SSSR count). The average molecular weight is 548 g/mol. The van der Waals surface area contributed by atoms with E-state index >= 15 is 0 Å². The smallest absolute Gasteiger partial charge is 0.229 e. The van der Waals surface area contributed by atoms with Crippen LogP contribution in [0, 0.1) is 13.8 Å². The molecule has 3 heterocycles. The number of aryl methyl sites for hydroxylation is 1. The summed E-state index contributed by atoms with van der Waals surface area (Å²) in [6.07, 6.45) is 2.89. The Morgan fingerprint density at radius 1 is 1.00 bits per heavy atom. The highest BCUT2D eigenvalue weighted by Gasteiger charge is 2.42. The van der Waals surface area contributed by atoms with Crippen molar-refractivity contribution in [2.75, 3.05) is 23.0 Å². The van der Waals surface area contributed by atoms with Crippen LogP contribution < -0.4 is 19.7 Å². The minimum absolute atomic E-state index is 0.215. The molecule has 4 aromatic rings. The minimum Gasteiger partial charge on any atom is -0.494 e. The van der Waals surface area contributed by atoms with Crippen molar-refractivity contribution in [3.8, 4) is 11.4 Å². The maximum absolute atomic E-state index is 11.9. The highest BCUT2D eigenvalue weighted by Crippen LogP contribution is 2.45. The number of ether oxygens (including phenoxy) is 1. The van der Waals surface area contributed by atoms with Gasteiger partial charge in [-0.2, -0.15) is 0 Å². The van der Waals surface area contributed by atoms with Crippen molar-refractivity contribution in [2.24, 2.45) is 0 Å². The quantitative estimate of drug-likeness (QED) is 0.313.